The molecule has 100 valence electrons. The van der Waals surface area contributed by atoms with Crippen LogP contribution in [-0.2, 0) is 9.53 Å². The number of aliphatic imine (C=N–C) groups is 1. The molecule has 2 aromatic rings. The minimum absolute atomic E-state index is 0.349. The van der Waals surface area contributed by atoms with Crippen LogP contribution in [0.1, 0.15) is 21.6 Å². The van der Waals surface area contributed by atoms with Gasteiger partial charge in [-0.2, -0.15) is 0 Å². The molecule has 0 aliphatic carbocycles. The van der Waals surface area contributed by atoms with Crippen LogP contribution in [0.15, 0.2) is 46.4 Å². The van der Waals surface area contributed by atoms with Gasteiger partial charge >= 0.3 is 5.97 Å². The molecule has 0 unspecified atom stereocenters. The Kier molecular flexibility index (Phi) is 3.24. The molecular formula is C16H13NO2S. The molecule has 20 heavy (non-hydrogen) atoms. The highest BCUT2D eigenvalue weighted by atomic mass is 32.1. The molecule has 0 atom stereocenters. The smallest absolute Gasteiger partial charge is 0.363 e. The largest absolute Gasteiger partial charge is 0.401 e. The average Bonchev–Trinajstić information content (AvgIpc) is 3.04. The van der Waals surface area contributed by atoms with E-state index in [-0.39, 0.29) is 0 Å². The van der Waals surface area contributed by atoms with Crippen molar-refractivity contribution in [3.63, 3.8) is 0 Å². The molecule has 0 radical (unpaired) electrons. The lowest BCUT2D eigenvalue weighted by Crippen LogP contribution is -2.03. The van der Waals surface area contributed by atoms with Crippen LogP contribution < -0.4 is 0 Å². The number of aryl methyl sites for hydroxylation is 2. The lowest BCUT2D eigenvalue weighted by atomic mass is 10.0. The molecular weight excluding hydrogens is 270 g/mol. The Hall–Kier alpha value is -2.20. The molecule has 0 saturated heterocycles. The summed E-state index contributed by atoms with van der Waals surface area (Å²) < 4.78 is 5.21. The van der Waals surface area contributed by atoms with Crippen molar-refractivity contribution >= 4 is 29.3 Å². The molecule has 1 aliphatic rings. The molecule has 0 bridgehead atoms. The number of hydrogen-bond donors (Lipinski definition) is 0. The van der Waals surface area contributed by atoms with E-state index in [1.54, 1.807) is 6.08 Å². The van der Waals surface area contributed by atoms with E-state index in [2.05, 4.69) is 4.99 Å². The van der Waals surface area contributed by atoms with E-state index in [4.69, 9.17) is 4.74 Å². The van der Waals surface area contributed by atoms with Crippen LogP contribution >= 0.6 is 11.3 Å². The third-order valence-electron chi connectivity index (χ3n) is 3.08. The van der Waals surface area contributed by atoms with Gasteiger partial charge in [0, 0.05) is 0 Å². The lowest BCUT2D eigenvalue weighted by molar-refractivity contribution is -0.129. The zero-order chi connectivity index (χ0) is 14.1. The summed E-state index contributed by atoms with van der Waals surface area (Å²) in [7, 11) is 0. The van der Waals surface area contributed by atoms with Crippen LogP contribution in [-0.4, -0.2) is 11.9 Å². The van der Waals surface area contributed by atoms with Crippen LogP contribution in [0.25, 0.3) is 6.08 Å². The molecule has 0 spiro atoms. The summed E-state index contributed by atoms with van der Waals surface area (Å²) in [4.78, 5) is 17.0. The second-order valence-corrected chi connectivity index (χ2v) is 5.62. The van der Waals surface area contributed by atoms with E-state index in [0.29, 0.717) is 11.6 Å². The lowest BCUT2D eigenvalue weighted by Gasteiger charge is -2.01. The Morgan fingerprint density at radius 3 is 2.85 bits per heavy atom. The maximum Gasteiger partial charge on any atom is 0.363 e. The number of benzene rings is 1. The van der Waals surface area contributed by atoms with Gasteiger partial charge in [-0.15, -0.1) is 11.3 Å². The first-order valence-corrected chi connectivity index (χ1v) is 7.15. The summed E-state index contributed by atoms with van der Waals surface area (Å²) in [5.74, 6) is -0.00383. The number of nitrogens with zero attached hydrogens (tertiary/aromatic N) is 1. The van der Waals surface area contributed by atoms with Crippen LogP contribution in [0, 0.1) is 13.8 Å². The van der Waals surface area contributed by atoms with E-state index < -0.39 is 5.97 Å². The zero-order valence-electron chi connectivity index (χ0n) is 11.2. The number of ether oxygens (including phenoxy) is 1. The van der Waals surface area contributed by atoms with Crippen molar-refractivity contribution < 1.29 is 9.53 Å². The SMILES string of the molecule is Cc1ccc(C)c(C=C2N=C(c3cccs3)OC2=O)c1. The van der Waals surface area contributed by atoms with Crippen molar-refractivity contribution in [2.75, 3.05) is 0 Å². The summed E-state index contributed by atoms with van der Waals surface area (Å²) in [6.45, 7) is 4.03. The van der Waals surface area contributed by atoms with Gasteiger partial charge in [-0.25, -0.2) is 9.79 Å². The summed E-state index contributed by atoms with van der Waals surface area (Å²) >= 11 is 1.50. The van der Waals surface area contributed by atoms with Crippen LogP contribution in [0.4, 0.5) is 0 Å². The van der Waals surface area contributed by atoms with Crippen LogP contribution in [0.5, 0.6) is 0 Å². The molecule has 2 heterocycles. The first kappa shape index (κ1) is 12.8. The number of rotatable bonds is 2. The van der Waals surface area contributed by atoms with E-state index in [1.807, 2.05) is 49.6 Å². The van der Waals surface area contributed by atoms with Crippen molar-refractivity contribution in [3.05, 3.63) is 63.0 Å². The van der Waals surface area contributed by atoms with Crippen LogP contribution in [0.3, 0.4) is 0 Å². The first-order valence-electron chi connectivity index (χ1n) is 6.27. The Bertz CT molecular complexity index is 727. The number of carbonyl (C=O) groups excluding carboxylic acids is 1. The third kappa shape index (κ3) is 2.42. The molecule has 0 saturated carbocycles. The highest BCUT2D eigenvalue weighted by molar-refractivity contribution is 7.12. The Morgan fingerprint density at radius 2 is 2.10 bits per heavy atom. The number of hydrogen-bond acceptors (Lipinski definition) is 4. The molecule has 1 aliphatic heterocycles. The molecule has 1 aromatic carbocycles. The normalized spacial score (nSPS) is 16.4. The van der Waals surface area contributed by atoms with Crippen LogP contribution in [0.2, 0.25) is 0 Å². The van der Waals surface area contributed by atoms with Gasteiger partial charge in [-0.3, -0.25) is 0 Å². The number of esters is 1. The fraction of sp³-hybridized carbons (Fsp3) is 0.125. The van der Waals surface area contributed by atoms with Crippen molar-refractivity contribution in [1.82, 2.24) is 0 Å². The maximum absolute atomic E-state index is 11.9. The quantitative estimate of drug-likeness (QED) is 0.622. The van der Waals surface area contributed by atoms with Gasteiger partial charge in [0.25, 0.3) is 0 Å². The summed E-state index contributed by atoms with van der Waals surface area (Å²) in [5.41, 5.74) is 3.60. The third-order valence-corrected chi connectivity index (χ3v) is 3.94. The fourth-order valence-corrected chi connectivity index (χ4v) is 2.63. The number of cyclic esters (lactones) is 1. The average molecular weight is 283 g/mol. The molecule has 3 nitrogen and oxygen atoms in total. The zero-order valence-corrected chi connectivity index (χ0v) is 12.0. The molecule has 0 fully saturated rings. The van der Waals surface area contributed by atoms with Gasteiger partial charge < -0.3 is 4.74 Å². The molecule has 1 aromatic heterocycles. The monoisotopic (exact) mass is 283 g/mol. The van der Waals surface area contributed by atoms with Gasteiger partial charge in [-0.05, 0) is 42.5 Å². The standard InChI is InChI=1S/C16H13NO2S/c1-10-5-6-11(2)12(8-10)9-13-16(18)19-15(17-13)14-4-3-7-20-14/h3-9H,1-2H3. The predicted octanol–water partition coefficient (Wildman–Crippen LogP) is 3.71. The Morgan fingerprint density at radius 1 is 1.25 bits per heavy atom. The van der Waals surface area contributed by atoms with Gasteiger partial charge in [0.1, 0.15) is 0 Å². The second-order valence-electron chi connectivity index (χ2n) is 4.67. The molecule has 3 rings (SSSR count). The van der Waals surface area contributed by atoms with E-state index in [1.165, 1.54) is 11.3 Å². The minimum atomic E-state index is -0.394. The maximum atomic E-state index is 11.9. The first-order chi connectivity index (χ1) is 9.63. The summed E-state index contributed by atoms with van der Waals surface area (Å²) in [5, 5.41) is 1.93. The topological polar surface area (TPSA) is 38.7 Å². The molecule has 4 heteroatoms. The predicted molar refractivity (Wildman–Crippen MR) is 80.8 cm³/mol. The van der Waals surface area contributed by atoms with Gasteiger partial charge in [0.05, 0.1) is 4.88 Å². The second kappa shape index (κ2) is 5.06. The van der Waals surface area contributed by atoms with E-state index >= 15 is 0 Å². The van der Waals surface area contributed by atoms with E-state index in [0.717, 1.165) is 21.6 Å². The molecule has 0 N–H and O–H groups in total. The van der Waals surface area contributed by atoms with Crippen molar-refractivity contribution in [1.29, 1.82) is 0 Å². The Labute approximate surface area is 121 Å². The fourth-order valence-electron chi connectivity index (χ4n) is 1.98. The van der Waals surface area contributed by atoms with Crippen molar-refractivity contribution in [2.24, 2.45) is 4.99 Å². The van der Waals surface area contributed by atoms with Gasteiger partial charge in [0.15, 0.2) is 5.70 Å². The summed E-state index contributed by atoms with van der Waals surface area (Å²) in [6, 6.07) is 9.91. The molecule has 0 amide bonds. The van der Waals surface area contributed by atoms with Crippen molar-refractivity contribution in [2.45, 2.75) is 13.8 Å². The van der Waals surface area contributed by atoms with E-state index in [9.17, 15) is 4.79 Å². The number of thiophene rings is 1. The highest BCUT2D eigenvalue weighted by Gasteiger charge is 2.24. The Balaban J connectivity index is 1.99. The van der Waals surface area contributed by atoms with Gasteiger partial charge in [0.2, 0.25) is 5.90 Å². The highest BCUT2D eigenvalue weighted by Crippen LogP contribution is 2.22. The number of carbonyl (C=O) groups is 1. The van der Waals surface area contributed by atoms with Gasteiger partial charge in [-0.1, -0.05) is 29.8 Å². The van der Waals surface area contributed by atoms with Crippen molar-refractivity contribution in [3.8, 4) is 0 Å². The minimum Gasteiger partial charge on any atom is -0.401 e. The summed E-state index contributed by atoms with van der Waals surface area (Å²) in [6.07, 6.45) is 1.78.